The first-order valence-electron chi connectivity index (χ1n) is 11.0. The topological polar surface area (TPSA) is 3.24 Å². The third-order valence-electron chi connectivity index (χ3n) is 7.19. The zero-order valence-electron chi connectivity index (χ0n) is 18.7. The molecule has 0 aliphatic rings. The van der Waals surface area contributed by atoms with Crippen molar-refractivity contribution in [2.24, 2.45) is 0 Å². The summed E-state index contributed by atoms with van der Waals surface area (Å²) in [5, 5.41) is 0. The van der Waals surface area contributed by atoms with Crippen LogP contribution in [0.3, 0.4) is 0 Å². The summed E-state index contributed by atoms with van der Waals surface area (Å²) >= 11 is 18.8. The smallest absolute Gasteiger partial charge is 0.265 e. The highest BCUT2D eigenvalue weighted by Crippen LogP contribution is 2.42. The van der Waals surface area contributed by atoms with Crippen LogP contribution in [0.25, 0.3) is 0 Å². The van der Waals surface area contributed by atoms with Gasteiger partial charge in [-0.15, -0.1) is 22.2 Å². The van der Waals surface area contributed by atoms with Crippen molar-refractivity contribution >= 4 is 58.0 Å². The van der Waals surface area contributed by atoms with Gasteiger partial charge in [-0.05, 0) is 61.2 Å². The summed E-state index contributed by atoms with van der Waals surface area (Å²) in [6.45, 7) is 16.8. The van der Waals surface area contributed by atoms with Gasteiger partial charge in [0.1, 0.15) is 16.5 Å². The second-order valence-electron chi connectivity index (χ2n) is 7.89. The monoisotopic (exact) mass is 473 g/mol. The van der Waals surface area contributed by atoms with E-state index in [0.717, 1.165) is 12.5 Å². The van der Waals surface area contributed by atoms with Crippen LogP contribution in [0.5, 0.6) is 0 Å². The Morgan fingerprint density at radius 2 is 1.04 bits per heavy atom. The molecule has 26 heavy (non-hydrogen) atoms. The standard InChI is InChI=1S/C19H45Cl2NSSi3/c1-9-18(17-26(20,21)19(23)10-2)22(24(11-3,12-4)13-5)25(14-6,15-7)16-8/h18-19,23H,9-17H2,1-8H3. The van der Waals surface area contributed by atoms with E-state index in [9.17, 15) is 0 Å². The number of halogens is 2. The van der Waals surface area contributed by atoms with Crippen molar-refractivity contribution in [1.29, 1.82) is 0 Å². The largest absolute Gasteiger partial charge is 0.342 e. The van der Waals surface area contributed by atoms with Gasteiger partial charge in [-0.2, -0.15) is 12.6 Å². The summed E-state index contributed by atoms with van der Waals surface area (Å²) in [4.78, 5) is 0.170. The fourth-order valence-corrected chi connectivity index (χ4v) is 23.6. The number of hydrogen-bond acceptors (Lipinski definition) is 2. The van der Waals surface area contributed by atoms with Crippen LogP contribution in [0, 0.1) is 0 Å². The minimum atomic E-state index is -2.38. The Labute approximate surface area is 183 Å². The maximum absolute atomic E-state index is 7.00. The molecule has 0 aromatic carbocycles. The van der Waals surface area contributed by atoms with Crippen LogP contribution in [-0.4, -0.2) is 38.3 Å². The second kappa shape index (κ2) is 12.3. The van der Waals surface area contributed by atoms with E-state index in [1.54, 1.807) is 0 Å². The first-order valence-corrected chi connectivity index (χ1v) is 20.9. The third-order valence-corrected chi connectivity index (χ3v) is 28.2. The average molecular weight is 475 g/mol. The van der Waals surface area contributed by atoms with Crippen LogP contribution in [0.4, 0.5) is 0 Å². The van der Waals surface area contributed by atoms with E-state index in [-0.39, 0.29) is 4.87 Å². The maximum Gasteiger partial charge on any atom is 0.265 e. The summed E-state index contributed by atoms with van der Waals surface area (Å²) in [6.07, 6.45) is 2.14. The SMILES string of the molecule is CCC(C[Si](Cl)(Cl)C(S)CC)N([Si](CC)(CC)CC)[Si](CC)(CC)CC. The van der Waals surface area contributed by atoms with Crippen molar-refractivity contribution in [2.75, 3.05) is 0 Å². The van der Waals surface area contributed by atoms with Gasteiger partial charge in [0, 0.05) is 4.87 Å². The predicted octanol–water partition coefficient (Wildman–Crippen LogP) is 8.24. The van der Waals surface area contributed by atoms with E-state index in [2.05, 4.69) is 59.6 Å². The third kappa shape index (κ3) is 6.02. The van der Waals surface area contributed by atoms with Gasteiger partial charge in [-0.25, -0.2) is 0 Å². The molecule has 0 bridgehead atoms. The highest BCUT2D eigenvalue weighted by atomic mass is 35.7. The van der Waals surface area contributed by atoms with Crippen LogP contribution >= 0.6 is 34.8 Å². The van der Waals surface area contributed by atoms with Crippen molar-refractivity contribution in [3.05, 3.63) is 0 Å². The Morgan fingerprint density at radius 1 is 0.692 bits per heavy atom. The molecule has 0 aromatic heterocycles. The maximum atomic E-state index is 7.00. The van der Waals surface area contributed by atoms with Crippen LogP contribution in [0.15, 0.2) is 0 Å². The van der Waals surface area contributed by atoms with Crippen molar-refractivity contribution in [3.8, 4) is 0 Å². The average Bonchev–Trinajstić information content (AvgIpc) is 2.67. The fourth-order valence-electron chi connectivity index (χ4n) is 4.97. The number of nitrogens with zero attached hydrogens (tertiary/aromatic N) is 1. The zero-order valence-corrected chi connectivity index (χ0v) is 24.1. The predicted molar refractivity (Wildman–Crippen MR) is 136 cm³/mol. The van der Waals surface area contributed by atoms with E-state index in [1.807, 2.05) is 0 Å². The molecular formula is C19H45Cl2NSSi3. The molecule has 0 N–H and O–H groups in total. The van der Waals surface area contributed by atoms with Crippen molar-refractivity contribution in [2.45, 2.75) is 121 Å². The van der Waals surface area contributed by atoms with Gasteiger partial charge >= 0.3 is 0 Å². The number of hydrogen-bond donors (Lipinski definition) is 1. The Bertz CT molecular complexity index is 354. The highest BCUT2D eigenvalue weighted by Gasteiger charge is 2.51. The number of thiol groups is 1. The van der Waals surface area contributed by atoms with E-state index >= 15 is 0 Å². The molecule has 0 heterocycles. The molecule has 2 atom stereocenters. The van der Waals surface area contributed by atoms with Crippen molar-refractivity contribution in [3.63, 3.8) is 0 Å². The molecule has 0 saturated heterocycles. The summed E-state index contributed by atoms with van der Waals surface area (Å²) in [6, 6.07) is 9.63. The molecule has 158 valence electrons. The zero-order chi connectivity index (χ0) is 20.6. The van der Waals surface area contributed by atoms with Gasteiger partial charge in [-0.1, -0.05) is 55.4 Å². The van der Waals surface area contributed by atoms with E-state index in [4.69, 9.17) is 34.8 Å². The van der Waals surface area contributed by atoms with Crippen LogP contribution in [-0.2, 0) is 0 Å². The number of rotatable bonds is 14. The van der Waals surface area contributed by atoms with Gasteiger partial charge < -0.3 is 4.23 Å². The van der Waals surface area contributed by atoms with Crippen molar-refractivity contribution in [1.82, 2.24) is 4.23 Å². The fraction of sp³-hybridized carbons (Fsp3) is 1.00. The molecule has 1 nitrogen and oxygen atoms in total. The van der Waals surface area contributed by atoms with Crippen molar-refractivity contribution < 1.29 is 0 Å². The summed E-state index contributed by atoms with van der Waals surface area (Å²) in [5.74, 6) is 0. The Hall–Kier alpha value is 1.54. The van der Waals surface area contributed by atoms with Gasteiger partial charge in [0.25, 0.3) is 6.69 Å². The lowest BCUT2D eigenvalue weighted by Crippen LogP contribution is -2.69. The van der Waals surface area contributed by atoms with E-state index in [1.165, 1.54) is 42.7 Å². The summed E-state index contributed by atoms with van der Waals surface area (Å²) < 4.78 is 3.18. The first kappa shape index (κ1) is 27.5. The lowest BCUT2D eigenvalue weighted by Gasteiger charge is -2.56. The quantitative estimate of drug-likeness (QED) is 0.151. The molecule has 0 spiro atoms. The molecule has 0 rings (SSSR count). The Kier molecular flexibility index (Phi) is 13.0. The Balaban J connectivity index is 6.27. The van der Waals surface area contributed by atoms with E-state index < -0.39 is 23.2 Å². The lowest BCUT2D eigenvalue weighted by molar-refractivity contribution is 0.436. The van der Waals surface area contributed by atoms with Crippen LogP contribution < -0.4 is 0 Å². The molecule has 0 fully saturated rings. The lowest BCUT2D eigenvalue weighted by atomic mass is 10.3. The van der Waals surface area contributed by atoms with Crippen LogP contribution in [0.1, 0.15) is 68.2 Å². The second-order valence-corrected chi connectivity index (χ2v) is 26.8. The van der Waals surface area contributed by atoms with E-state index in [0.29, 0.717) is 6.04 Å². The molecule has 0 amide bonds. The van der Waals surface area contributed by atoms with Gasteiger partial charge in [0.2, 0.25) is 0 Å². The normalized spacial score (nSPS) is 16.2. The molecule has 0 aliphatic heterocycles. The van der Waals surface area contributed by atoms with Crippen LogP contribution in [0.2, 0.25) is 42.3 Å². The minimum absolute atomic E-state index is 0.170. The van der Waals surface area contributed by atoms with Gasteiger partial charge in [0.05, 0.1) is 0 Å². The summed E-state index contributed by atoms with van der Waals surface area (Å²) in [5.41, 5.74) is 0. The molecule has 0 radical (unpaired) electrons. The first-order chi connectivity index (χ1) is 12.1. The molecule has 0 aliphatic carbocycles. The van der Waals surface area contributed by atoms with Gasteiger partial charge in [-0.3, -0.25) is 0 Å². The minimum Gasteiger partial charge on any atom is -0.342 e. The molecular weight excluding hydrogens is 429 g/mol. The summed E-state index contributed by atoms with van der Waals surface area (Å²) in [7, 11) is -3.00. The Morgan fingerprint density at radius 3 is 1.27 bits per heavy atom. The highest BCUT2D eigenvalue weighted by molar-refractivity contribution is 7.85. The molecule has 7 heteroatoms. The molecule has 0 aromatic rings. The molecule has 2 unspecified atom stereocenters. The van der Waals surface area contributed by atoms with Gasteiger partial charge in [0.15, 0.2) is 0 Å². The molecule has 0 saturated carbocycles.